The number of para-hydroxylation sites is 1. The van der Waals surface area contributed by atoms with Gasteiger partial charge in [-0.2, -0.15) is 0 Å². The average molecular weight is 697 g/mol. The van der Waals surface area contributed by atoms with Crippen LogP contribution in [-0.4, -0.2) is 29.3 Å². The van der Waals surface area contributed by atoms with E-state index in [1.807, 2.05) is 25.1 Å². The number of nitrogens with one attached hydrogen (secondary N) is 2. The molecule has 0 aliphatic carbocycles. The zero-order valence-corrected chi connectivity index (χ0v) is 27.4. The molecule has 0 aromatic heterocycles. The lowest BCUT2D eigenvalue weighted by Gasteiger charge is -2.24. The third kappa shape index (κ3) is 7.80. The van der Waals surface area contributed by atoms with Crippen molar-refractivity contribution < 1.29 is 26.4 Å². The molecule has 0 aliphatic heterocycles. The van der Waals surface area contributed by atoms with Crippen molar-refractivity contribution in [1.82, 2.24) is 0 Å². The predicted molar refractivity (Wildman–Crippen MR) is 181 cm³/mol. The highest BCUT2D eigenvalue weighted by Gasteiger charge is 2.27. The number of ether oxygens (including phenoxy) is 1. The standard InChI is InChI=1S/C33H27Cl2N3O6S2/c1-23-10-18-29(19-11-23)46(42,43)38(25-14-16-27(17-15-25)44-26-6-3-2-4-7-26)22-32(39)36-24-12-20-28(21-13-24)45(40,41)37-31-9-5-8-30(34)33(31)35/h2-21,37H,22H2,1H3,(H,36,39). The third-order valence-electron chi connectivity index (χ3n) is 6.64. The fourth-order valence-electron chi connectivity index (χ4n) is 4.29. The largest absolute Gasteiger partial charge is 0.457 e. The molecular weight excluding hydrogens is 669 g/mol. The molecule has 46 heavy (non-hydrogen) atoms. The summed E-state index contributed by atoms with van der Waals surface area (Å²) in [6.07, 6.45) is 0. The smallest absolute Gasteiger partial charge is 0.264 e. The number of sulfonamides is 2. The van der Waals surface area contributed by atoms with Gasteiger partial charge in [-0.15, -0.1) is 0 Å². The van der Waals surface area contributed by atoms with Crippen LogP contribution in [0.3, 0.4) is 0 Å². The van der Waals surface area contributed by atoms with Crippen LogP contribution in [0.5, 0.6) is 11.5 Å². The molecule has 0 saturated carbocycles. The highest BCUT2D eigenvalue weighted by molar-refractivity contribution is 7.93. The maximum Gasteiger partial charge on any atom is 0.264 e. The first-order valence-corrected chi connectivity index (χ1v) is 17.4. The number of hydrogen-bond donors (Lipinski definition) is 2. The summed E-state index contributed by atoms with van der Waals surface area (Å²) >= 11 is 12.1. The molecule has 13 heteroatoms. The minimum atomic E-state index is -4.17. The number of amides is 1. The van der Waals surface area contributed by atoms with Gasteiger partial charge >= 0.3 is 0 Å². The van der Waals surface area contributed by atoms with Crippen molar-refractivity contribution in [2.24, 2.45) is 0 Å². The number of hydrogen-bond acceptors (Lipinski definition) is 6. The van der Waals surface area contributed by atoms with E-state index in [0.717, 1.165) is 9.87 Å². The molecule has 0 saturated heterocycles. The summed E-state index contributed by atoms with van der Waals surface area (Å²) < 4.78 is 62.6. The molecule has 0 radical (unpaired) electrons. The normalized spacial score (nSPS) is 11.5. The van der Waals surface area contributed by atoms with Gasteiger partial charge < -0.3 is 10.1 Å². The van der Waals surface area contributed by atoms with Gasteiger partial charge in [-0.3, -0.25) is 13.8 Å². The van der Waals surface area contributed by atoms with Gasteiger partial charge in [0.15, 0.2) is 0 Å². The molecule has 5 aromatic carbocycles. The monoisotopic (exact) mass is 695 g/mol. The Morgan fingerprint density at radius 2 is 1.33 bits per heavy atom. The summed E-state index contributed by atoms with van der Waals surface area (Å²) in [5, 5.41) is 2.89. The molecule has 236 valence electrons. The van der Waals surface area contributed by atoms with E-state index in [1.54, 1.807) is 54.6 Å². The van der Waals surface area contributed by atoms with Gasteiger partial charge in [-0.05, 0) is 91.9 Å². The van der Waals surface area contributed by atoms with Crippen LogP contribution in [0.25, 0.3) is 0 Å². The summed E-state index contributed by atoms with van der Waals surface area (Å²) in [5.41, 5.74) is 1.48. The molecule has 0 atom stereocenters. The Morgan fingerprint density at radius 1 is 0.717 bits per heavy atom. The van der Waals surface area contributed by atoms with Crippen molar-refractivity contribution in [3.63, 3.8) is 0 Å². The van der Waals surface area contributed by atoms with Crippen LogP contribution < -0.4 is 19.1 Å². The molecule has 9 nitrogen and oxygen atoms in total. The highest BCUT2D eigenvalue weighted by atomic mass is 35.5. The fourth-order valence-corrected chi connectivity index (χ4v) is 7.19. The fraction of sp³-hybridized carbons (Fsp3) is 0.0606. The van der Waals surface area contributed by atoms with Crippen molar-refractivity contribution in [1.29, 1.82) is 0 Å². The van der Waals surface area contributed by atoms with Gasteiger partial charge in [0.25, 0.3) is 20.0 Å². The molecule has 0 fully saturated rings. The lowest BCUT2D eigenvalue weighted by molar-refractivity contribution is -0.114. The molecular formula is C33H27Cl2N3O6S2. The summed E-state index contributed by atoms with van der Waals surface area (Å²) in [6.45, 7) is 1.27. The number of rotatable bonds is 11. The van der Waals surface area contributed by atoms with Gasteiger partial charge in [0.2, 0.25) is 5.91 Å². The van der Waals surface area contributed by atoms with Crippen LogP contribution in [0.1, 0.15) is 5.56 Å². The Balaban J connectivity index is 1.35. The number of aryl methyl sites for hydroxylation is 1. The second-order valence-electron chi connectivity index (χ2n) is 10.0. The number of carbonyl (C=O) groups excluding carboxylic acids is 1. The zero-order chi connectivity index (χ0) is 32.9. The molecule has 0 spiro atoms. The van der Waals surface area contributed by atoms with Crippen LogP contribution in [0.2, 0.25) is 10.0 Å². The topological polar surface area (TPSA) is 122 Å². The molecule has 2 N–H and O–H groups in total. The van der Waals surface area contributed by atoms with Crippen LogP contribution in [0.15, 0.2) is 131 Å². The lowest BCUT2D eigenvalue weighted by atomic mass is 10.2. The summed E-state index contributed by atoms with van der Waals surface area (Å²) in [4.78, 5) is 13.1. The minimum Gasteiger partial charge on any atom is -0.457 e. The second kappa shape index (κ2) is 13.8. The number of carbonyl (C=O) groups is 1. The lowest BCUT2D eigenvalue weighted by Crippen LogP contribution is -2.38. The number of nitrogens with zero attached hydrogens (tertiary/aromatic N) is 1. The summed E-state index contributed by atoms with van der Waals surface area (Å²) in [5.74, 6) is 0.440. The Labute approximate surface area is 277 Å². The van der Waals surface area contributed by atoms with E-state index in [9.17, 15) is 21.6 Å². The van der Waals surface area contributed by atoms with E-state index in [0.29, 0.717) is 11.5 Å². The van der Waals surface area contributed by atoms with Crippen LogP contribution in [0, 0.1) is 6.92 Å². The van der Waals surface area contributed by atoms with Gasteiger partial charge in [0, 0.05) is 5.69 Å². The van der Waals surface area contributed by atoms with E-state index in [2.05, 4.69) is 10.0 Å². The molecule has 5 rings (SSSR count). The van der Waals surface area contributed by atoms with E-state index < -0.39 is 32.5 Å². The van der Waals surface area contributed by atoms with E-state index in [4.69, 9.17) is 27.9 Å². The molecule has 0 heterocycles. The van der Waals surface area contributed by atoms with E-state index >= 15 is 0 Å². The molecule has 5 aromatic rings. The molecule has 0 aliphatic rings. The predicted octanol–water partition coefficient (Wildman–Crippen LogP) is 7.73. The summed E-state index contributed by atoms with van der Waals surface area (Å²) in [7, 11) is -8.20. The third-order valence-corrected chi connectivity index (χ3v) is 10.6. The maximum atomic E-state index is 13.8. The van der Waals surface area contributed by atoms with Gasteiger partial charge in [0.1, 0.15) is 18.0 Å². The Hall–Kier alpha value is -4.55. The van der Waals surface area contributed by atoms with Crippen molar-refractivity contribution >= 4 is 66.2 Å². The second-order valence-corrected chi connectivity index (χ2v) is 14.3. The minimum absolute atomic E-state index is 0.0115. The van der Waals surface area contributed by atoms with Crippen LogP contribution in [-0.2, 0) is 24.8 Å². The van der Waals surface area contributed by atoms with Gasteiger partial charge in [-0.25, -0.2) is 16.8 Å². The van der Waals surface area contributed by atoms with Crippen molar-refractivity contribution in [2.45, 2.75) is 16.7 Å². The molecule has 0 bridgehead atoms. The van der Waals surface area contributed by atoms with Crippen LogP contribution in [0.4, 0.5) is 17.1 Å². The SMILES string of the molecule is Cc1ccc(S(=O)(=O)N(CC(=O)Nc2ccc(S(=O)(=O)Nc3cccc(Cl)c3Cl)cc2)c2ccc(Oc3ccccc3)cc2)cc1. The van der Waals surface area contributed by atoms with Crippen molar-refractivity contribution in [3.05, 3.63) is 137 Å². The van der Waals surface area contributed by atoms with Crippen molar-refractivity contribution in [3.8, 4) is 11.5 Å². The van der Waals surface area contributed by atoms with E-state index in [-0.39, 0.29) is 36.9 Å². The Kier molecular flexibility index (Phi) is 9.88. The van der Waals surface area contributed by atoms with Crippen molar-refractivity contribution in [2.75, 3.05) is 20.9 Å². The van der Waals surface area contributed by atoms with Crippen LogP contribution >= 0.6 is 23.2 Å². The quantitative estimate of drug-likeness (QED) is 0.146. The highest BCUT2D eigenvalue weighted by Crippen LogP contribution is 2.32. The zero-order valence-electron chi connectivity index (χ0n) is 24.2. The maximum absolute atomic E-state index is 13.8. The number of benzene rings is 5. The average Bonchev–Trinajstić information content (AvgIpc) is 3.03. The molecule has 0 unspecified atom stereocenters. The number of anilines is 3. The summed E-state index contributed by atoms with van der Waals surface area (Å²) in [6, 6.07) is 31.7. The van der Waals surface area contributed by atoms with Gasteiger partial charge in [0.05, 0.1) is 31.2 Å². The first-order valence-electron chi connectivity index (χ1n) is 13.7. The first-order chi connectivity index (χ1) is 21.9. The first kappa shape index (κ1) is 32.8. The Morgan fingerprint density at radius 3 is 1.98 bits per heavy atom. The number of halogens is 2. The van der Waals surface area contributed by atoms with E-state index in [1.165, 1.54) is 48.5 Å². The molecule has 1 amide bonds. The Bertz CT molecular complexity index is 2060. The van der Waals surface area contributed by atoms with Gasteiger partial charge in [-0.1, -0.05) is 65.2 Å².